The number of carbonyl (C=O) groups is 1. The molecule has 0 bridgehead atoms. The van der Waals surface area contributed by atoms with Crippen LogP contribution in [0.3, 0.4) is 0 Å². The third-order valence-electron chi connectivity index (χ3n) is 4.23. The fourth-order valence-corrected chi connectivity index (χ4v) is 3.50. The van der Waals surface area contributed by atoms with E-state index in [2.05, 4.69) is 14.9 Å². The first-order chi connectivity index (χ1) is 10.0. The average Bonchev–Trinajstić information content (AvgIpc) is 3.13. The van der Waals surface area contributed by atoms with Crippen molar-refractivity contribution >= 4 is 15.9 Å². The van der Waals surface area contributed by atoms with Crippen LogP contribution in [0.5, 0.6) is 0 Å². The number of hydrogen-bond acceptors (Lipinski definition) is 4. The first-order valence-corrected chi connectivity index (χ1v) is 9.68. The van der Waals surface area contributed by atoms with E-state index in [-0.39, 0.29) is 17.7 Å². The summed E-state index contributed by atoms with van der Waals surface area (Å²) in [6, 6.07) is 0.0415. The van der Waals surface area contributed by atoms with Crippen LogP contribution in [0.1, 0.15) is 39.0 Å². The highest BCUT2D eigenvalue weighted by atomic mass is 32.2. The quantitative estimate of drug-likeness (QED) is 0.600. The van der Waals surface area contributed by atoms with Gasteiger partial charge in [0.05, 0.1) is 11.8 Å². The molecule has 2 rings (SSSR count). The minimum atomic E-state index is -3.12. The first-order valence-electron chi connectivity index (χ1n) is 8.02. The van der Waals surface area contributed by atoms with Gasteiger partial charge in [-0.1, -0.05) is 0 Å². The van der Waals surface area contributed by atoms with Crippen molar-refractivity contribution in [3.8, 4) is 0 Å². The van der Waals surface area contributed by atoms with E-state index < -0.39 is 10.0 Å². The van der Waals surface area contributed by atoms with E-state index in [1.54, 1.807) is 6.92 Å². The van der Waals surface area contributed by atoms with Crippen molar-refractivity contribution in [2.24, 2.45) is 5.92 Å². The summed E-state index contributed by atoms with van der Waals surface area (Å²) in [5.74, 6) is 0.748. The monoisotopic (exact) mass is 317 g/mol. The second-order valence-corrected chi connectivity index (χ2v) is 8.06. The molecule has 1 atom stereocenters. The van der Waals surface area contributed by atoms with E-state index in [4.69, 9.17) is 0 Å². The third kappa shape index (κ3) is 5.23. The molecule has 1 heterocycles. The fourth-order valence-electron chi connectivity index (χ4n) is 2.84. The van der Waals surface area contributed by atoms with Crippen LogP contribution in [0.15, 0.2) is 0 Å². The summed E-state index contributed by atoms with van der Waals surface area (Å²) in [7, 11) is -3.12. The smallest absolute Gasteiger partial charge is 0.237 e. The molecule has 21 heavy (non-hydrogen) atoms. The summed E-state index contributed by atoms with van der Waals surface area (Å²) in [4.78, 5) is 14.6. The van der Waals surface area contributed by atoms with Crippen LogP contribution in [0.25, 0.3) is 0 Å². The Hall–Kier alpha value is -0.660. The Morgan fingerprint density at radius 1 is 1.24 bits per heavy atom. The van der Waals surface area contributed by atoms with Gasteiger partial charge < -0.3 is 5.32 Å². The summed E-state index contributed by atoms with van der Waals surface area (Å²) >= 11 is 0. The van der Waals surface area contributed by atoms with Gasteiger partial charge in [0.1, 0.15) is 0 Å². The van der Waals surface area contributed by atoms with Gasteiger partial charge >= 0.3 is 0 Å². The number of carbonyl (C=O) groups excluding carboxylic acids is 1. The maximum Gasteiger partial charge on any atom is 0.237 e. The standard InChI is InChI=1S/C14H27N3O3S/c1-2-21(19,20)16-9-5-8-15-14(18)13(12-6-7-12)17-10-3-4-11-17/h12-13,16H,2-11H2,1H3,(H,15,18)/t13-/m0/s1. The van der Waals surface area contributed by atoms with Gasteiger partial charge in [0.2, 0.25) is 15.9 Å². The van der Waals surface area contributed by atoms with Gasteiger partial charge in [-0.2, -0.15) is 0 Å². The van der Waals surface area contributed by atoms with Gasteiger partial charge in [0, 0.05) is 13.1 Å². The zero-order valence-corrected chi connectivity index (χ0v) is 13.6. The predicted molar refractivity (Wildman–Crippen MR) is 82.4 cm³/mol. The summed E-state index contributed by atoms with van der Waals surface area (Å²) < 4.78 is 25.1. The van der Waals surface area contributed by atoms with Crippen molar-refractivity contribution in [1.29, 1.82) is 0 Å². The highest BCUT2D eigenvalue weighted by Crippen LogP contribution is 2.36. The lowest BCUT2D eigenvalue weighted by atomic mass is 10.1. The van der Waals surface area contributed by atoms with Crippen LogP contribution in [-0.2, 0) is 14.8 Å². The molecule has 0 spiro atoms. The van der Waals surface area contributed by atoms with Crippen molar-refractivity contribution in [3.05, 3.63) is 0 Å². The predicted octanol–water partition coefficient (Wildman–Crippen LogP) is 0.306. The van der Waals surface area contributed by atoms with Gasteiger partial charge in [-0.3, -0.25) is 9.69 Å². The van der Waals surface area contributed by atoms with Gasteiger partial charge in [0.25, 0.3) is 0 Å². The zero-order chi connectivity index (χ0) is 15.3. The van der Waals surface area contributed by atoms with E-state index in [9.17, 15) is 13.2 Å². The number of rotatable bonds is 9. The first kappa shape index (κ1) is 16.7. The molecule has 0 radical (unpaired) electrons. The van der Waals surface area contributed by atoms with Crippen LogP contribution in [-0.4, -0.2) is 57.2 Å². The lowest BCUT2D eigenvalue weighted by molar-refractivity contribution is -0.126. The van der Waals surface area contributed by atoms with Crippen molar-refractivity contribution in [1.82, 2.24) is 14.9 Å². The number of hydrogen-bond donors (Lipinski definition) is 2. The topological polar surface area (TPSA) is 78.5 Å². The number of likely N-dealkylation sites (tertiary alicyclic amines) is 1. The van der Waals surface area contributed by atoms with Crippen molar-refractivity contribution in [3.63, 3.8) is 0 Å². The molecule has 2 aliphatic rings. The van der Waals surface area contributed by atoms with Gasteiger partial charge in [-0.25, -0.2) is 13.1 Å². The molecule has 6 nitrogen and oxygen atoms in total. The molecule has 1 saturated heterocycles. The van der Waals surface area contributed by atoms with Crippen LogP contribution in [0.4, 0.5) is 0 Å². The molecule has 1 aliphatic carbocycles. The van der Waals surface area contributed by atoms with Gasteiger partial charge in [-0.15, -0.1) is 0 Å². The van der Waals surface area contributed by atoms with E-state index in [1.807, 2.05) is 0 Å². The highest BCUT2D eigenvalue weighted by molar-refractivity contribution is 7.89. The molecular formula is C14H27N3O3S. The molecular weight excluding hydrogens is 290 g/mol. The van der Waals surface area contributed by atoms with Crippen LogP contribution < -0.4 is 10.0 Å². The molecule has 0 aromatic carbocycles. The average molecular weight is 317 g/mol. The van der Waals surface area contributed by atoms with Crippen LogP contribution in [0.2, 0.25) is 0 Å². The van der Waals surface area contributed by atoms with E-state index in [0.29, 0.717) is 25.4 Å². The van der Waals surface area contributed by atoms with Crippen LogP contribution >= 0.6 is 0 Å². The molecule has 0 aromatic rings. The van der Waals surface area contributed by atoms with E-state index in [0.717, 1.165) is 25.9 Å². The lowest BCUT2D eigenvalue weighted by Gasteiger charge is -2.26. The number of nitrogens with zero attached hydrogens (tertiary/aromatic N) is 1. The number of nitrogens with one attached hydrogen (secondary N) is 2. The van der Waals surface area contributed by atoms with Crippen molar-refractivity contribution in [2.75, 3.05) is 31.9 Å². The third-order valence-corrected chi connectivity index (χ3v) is 5.63. The minimum Gasteiger partial charge on any atom is -0.355 e. The minimum absolute atomic E-state index is 0.0415. The number of sulfonamides is 1. The molecule has 1 saturated carbocycles. The second-order valence-electron chi connectivity index (χ2n) is 5.97. The Morgan fingerprint density at radius 2 is 1.90 bits per heavy atom. The zero-order valence-electron chi connectivity index (χ0n) is 12.8. The van der Waals surface area contributed by atoms with Crippen molar-refractivity contribution < 1.29 is 13.2 Å². The summed E-state index contributed by atoms with van der Waals surface area (Å²) in [5.41, 5.74) is 0. The summed E-state index contributed by atoms with van der Waals surface area (Å²) in [6.45, 7) is 4.59. The fraction of sp³-hybridized carbons (Fsp3) is 0.929. The van der Waals surface area contributed by atoms with Gasteiger partial charge in [-0.05, 0) is 58.0 Å². The summed E-state index contributed by atoms with van der Waals surface area (Å²) in [6.07, 6.45) is 5.32. The molecule has 0 aromatic heterocycles. The molecule has 1 amide bonds. The van der Waals surface area contributed by atoms with E-state index >= 15 is 0 Å². The normalized spacial score (nSPS) is 21.4. The summed E-state index contributed by atoms with van der Waals surface area (Å²) in [5, 5.41) is 2.97. The Bertz CT molecular complexity index is 442. The lowest BCUT2D eigenvalue weighted by Crippen LogP contribution is -2.47. The van der Waals surface area contributed by atoms with Crippen molar-refractivity contribution in [2.45, 2.75) is 45.1 Å². The number of amides is 1. The second kappa shape index (κ2) is 7.56. The molecule has 0 unspecified atom stereocenters. The largest absolute Gasteiger partial charge is 0.355 e. The maximum absolute atomic E-state index is 12.3. The molecule has 122 valence electrons. The Kier molecular flexibility index (Phi) is 6.01. The SMILES string of the molecule is CCS(=O)(=O)NCCCNC(=O)[C@H](C1CC1)N1CCCC1. The molecule has 2 N–H and O–H groups in total. The Labute approximate surface area is 127 Å². The van der Waals surface area contributed by atoms with Gasteiger partial charge in [0.15, 0.2) is 0 Å². The highest BCUT2D eigenvalue weighted by Gasteiger charge is 2.40. The molecule has 7 heteroatoms. The molecule has 1 aliphatic heterocycles. The van der Waals surface area contributed by atoms with E-state index in [1.165, 1.54) is 12.8 Å². The maximum atomic E-state index is 12.3. The molecule has 2 fully saturated rings. The van der Waals surface area contributed by atoms with Crippen LogP contribution in [0, 0.1) is 5.92 Å². The Morgan fingerprint density at radius 3 is 2.48 bits per heavy atom. The Balaban J connectivity index is 1.68.